The van der Waals surface area contributed by atoms with Crippen molar-refractivity contribution in [1.82, 2.24) is 4.57 Å². The molecule has 0 atom stereocenters. The Labute approximate surface area is 109 Å². The summed E-state index contributed by atoms with van der Waals surface area (Å²) in [5, 5.41) is 1.99. The molecule has 0 aliphatic rings. The van der Waals surface area contributed by atoms with Crippen LogP contribution in [0.3, 0.4) is 0 Å². The average molecular weight is 298 g/mol. The van der Waals surface area contributed by atoms with Crippen LogP contribution in [0.25, 0.3) is 10.9 Å². The monoisotopic (exact) mass is 297 g/mol. The third kappa shape index (κ3) is 2.30. The smallest absolute Gasteiger partial charge is 0.0491 e. The van der Waals surface area contributed by atoms with E-state index in [1.54, 1.807) is 0 Å². The van der Waals surface area contributed by atoms with Crippen molar-refractivity contribution in [3.63, 3.8) is 0 Å². The molecule has 0 N–H and O–H groups in total. The average Bonchev–Trinajstić information content (AvgIpc) is 2.55. The lowest BCUT2D eigenvalue weighted by Crippen LogP contribution is -1.96. The molecule has 1 nitrogen and oxygen atoms in total. The third-order valence-electron chi connectivity index (χ3n) is 2.70. The summed E-state index contributed by atoms with van der Waals surface area (Å²) >= 11 is 5.59. The van der Waals surface area contributed by atoms with Gasteiger partial charge in [0, 0.05) is 33.9 Å². The summed E-state index contributed by atoms with van der Waals surface area (Å²) in [4.78, 5) is 0. The van der Waals surface area contributed by atoms with Gasteiger partial charge in [-0.05, 0) is 23.4 Å². The Morgan fingerprint density at radius 3 is 2.75 bits per heavy atom. The van der Waals surface area contributed by atoms with Crippen molar-refractivity contribution >= 4 is 38.6 Å². The van der Waals surface area contributed by atoms with Crippen LogP contribution in [0.2, 0.25) is 0 Å². The number of nitrogens with zero attached hydrogens (tertiary/aromatic N) is 1. The highest BCUT2D eigenvalue weighted by Gasteiger charge is 2.08. The number of benzene rings is 1. The molecule has 1 heterocycles. The Bertz CT molecular complexity index is 502. The molecular formula is C13H16BrNS. The second-order valence-corrected chi connectivity index (χ2v) is 6.65. The molecule has 0 aliphatic carbocycles. The lowest BCUT2D eigenvalue weighted by atomic mass is 10.2. The molecule has 0 amide bonds. The molecule has 3 heteroatoms. The van der Waals surface area contributed by atoms with Crippen LogP contribution in [-0.2, 0) is 12.8 Å². The van der Waals surface area contributed by atoms with Crippen LogP contribution in [0.15, 0.2) is 28.7 Å². The van der Waals surface area contributed by atoms with Crippen LogP contribution >= 0.6 is 27.7 Å². The fraction of sp³-hybridized carbons (Fsp3) is 0.385. The minimum Gasteiger partial charge on any atom is -0.347 e. The lowest BCUT2D eigenvalue weighted by molar-refractivity contribution is 0.907. The minimum absolute atomic E-state index is 0.682. The molecular weight excluding hydrogens is 282 g/mol. The third-order valence-corrected chi connectivity index (χ3v) is 4.52. The molecule has 2 rings (SSSR count). The Morgan fingerprint density at radius 1 is 1.38 bits per heavy atom. The topological polar surface area (TPSA) is 4.93 Å². The van der Waals surface area contributed by atoms with Crippen molar-refractivity contribution in [2.75, 3.05) is 0 Å². The zero-order valence-corrected chi connectivity index (χ0v) is 12.2. The van der Waals surface area contributed by atoms with E-state index in [2.05, 4.69) is 65.7 Å². The number of aryl methyl sites for hydroxylation is 1. The minimum atomic E-state index is 0.682. The van der Waals surface area contributed by atoms with Crippen LogP contribution in [0.1, 0.15) is 19.5 Å². The van der Waals surface area contributed by atoms with Crippen LogP contribution in [-0.4, -0.2) is 9.82 Å². The molecule has 0 fully saturated rings. The van der Waals surface area contributed by atoms with E-state index in [4.69, 9.17) is 0 Å². The summed E-state index contributed by atoms with van der Waals surface area (Å²) in [6.45, 7) is 4.48. The Kier molecular flexibility index (Phi) is 3.65. The number of hydrogen-bond acceptors (Lipinski definition) is 1. The molecule has 2 aromatic rings. The van der Waals surface area contributed by atoms with E-state index in [0.29, 0.717) is 5.25 Å². The number of thioether (sulfide) groups is 1. The van der Waals surface area contributed by atoms with Crippen molar-refractivity contribution in [3.8, 4) is 0 Å². The van der Waals surface area contributed by atoms with Crippen LogP contribution in [0.4, 0.5) is 0 Å². The molecule has 0 saturated carbocycles. The van der Waals surface area contributed by atoms with E-state index in [9.17, 15) is 0 Å². The van der Waals surface area contributed by atoms with E-state index in [0.717, 1.165) is 5.75 Å². The largest absolute Gasteiger partial charge is 0.347 e. The van der Waals surface area contributed by atoms with Gasteiger partial charge in [0.25, 0.3) is 0 Å². The summed E-state index contributed by atoms with van der Waals surface area (Å²) in [7, 11) is 2.14. The number of hydrogen-bond donors (Lipinski definition) is 0. The summed E-state index contributed by atoms with van der Waals surface area (Å²) in [5.74, 6) is 1.08. The number of halogens is 1. The van der Waals surface area contributed by atoms with Gasteiger partial charge in [-0.25, -0.2) is 0 Å². The molecule has 0 unspecified atom stereocenters. The van der Waals surface area contributed by atoms with Crippen molar-refractivity contribution in [2.24, 2.45) is 7.05 Å². The van der Waals surface area contributed by atoms with Gasteiger partial charge in [0.05, 0.1) is 0 Å². The molecule has 0 radical (unpaired) electrons. The fourth-order valence-corrected chi connectivity index (χ4v) is 3.02. The molecule has 0 saturated heterocycles. The van der Waals surface area contributed by atoms with Gasteiger partial charge in [-0.2, -0.15) is 11.8 Å². The summed E-state index contributed by atoms with van der Waals surface area (Å²) in [6, 6.07) is 8.64. The predicted molar refractivity (Wildman–Crippen MR) is 77.1 cm³/mol. The van der Waals surface area contributed by atoms with E-state index < -0.39 is 0 Å². The van der Waals surface area contributed by atoms with Gasteiger partial charge in [-0.3, -0.25) is 0 Å². The van der Waals surface area contributed by atoms with Gasteiger partial charge in [-0.15, -0.1) is 0 Å². The second-order valence-electron chi connectivity index (χ2n) is 4.23. The molecule has 86 valence electrons. The Balaban J connectivity index is 2.40. The fourth-order valence-electron chi connectivity index (χ4n) is 1.77. The molecule has 0 bridgehead atoms. The predicted octanol–water partition coefficient (Wildman–Crippen LogP) is 4.58. The van der Waals surface area contributed by atoms with Crippen LogP contribution < -0.4 is 0 Å². The van der Waals surface area contributed by atoms with Gasteiger partial charge in [0.2, 0.25) is 0 Å². The van der Waals surface area contributed by atoms with Gasteiger partial charge >= 0.3 is 0 Å². The second kappa shape index (κ2) is 4.84. The first kappa shape index (κ1) is 12.1. The van der Waals surface area contributed by atoms with E-state index in [-0.39, 0.29) is 0 Å². The molecule has 0 spiro atoms. The summed E-state index contributed by atoms with van der Waals surface area (Å²) in [6.07, 6.45) is 0. The Morgan fingerprint density at radius 2 is 2.12 bits per heavy atom. The molecule has 1 aromatic carbocycles. The van der Waals surface area contributed by atoms with Gasteiger partial charge in [0.15, 0.2) is 0 Å². The Hall–Kier alpha value is -0.410. The maximum atomic E-state index is 3.60. The highest BCUT2D eigenvalue weighted by atomic mass is 79.9. The van der Waals surface area contributed by atoms with Gasteiger partial charge < -0.3 is 4.57 Å². The lowest BCUT2D eigenvalue weighted by Gasteiger charge is -2.06. The first-order valence-electron chi connectivity index (χ1n) is 5.44. The van der Waals surface area contributed by atoms with E-state index in [1.165, 1.54) is 21.1 Å². The molecule has 0 aliphatic heterocycles. The van der Waals surface area contributed by atoms with E-state index >= 15 is 0 Å². The zero-order chi connectivity index (χ0) is 11.7. The quantitative estimate of drug-likeness (QED) is 0.803. The maximum absolute atomic E-state index is 3.60. The van der Waals surface area contributed by atoms with Gasteiger partial charge in [-0.1, -0.05) is 35.8 Å². The number of rotatable bonds is 3. The van der Waals surface area contributed by atoms with Gasteiger partial charge in [0.1, 0.15) is 0 Å². The molecule has 16 heavy (non-hydrogen) atoms. The number of fused-ring (bicyclic) bond motifs is 1. The molecule has 1 aromatic heterocycles. The summed E-state index contributed by atoms with van der Waals surface area (Å²) < 4.78 is 3.47. The zero-order valence-electron chi connectivity index (χ0n) is 9.83. The van der Waals surface area contributed by atoms with Crippen molar-refractivity contribution in [1.29, 1.82) is 0 Å². The SMILES string of the molecule is CC(C)SCc1cc2c(Br)cccc2n1C. The maximum Gasteiger partial charge on any atom is 0.0491 e. The van der Waals surface area contributed by atoms with Crippen molar-refractivity contribution in [2.45, 2.75) is 24.9 Å². The van der Waals surface area contributed by atoms with E-state index in [1.807, 2.05) is 11.8 Å². The van der Waals surface area contributed by atoms with Crippen LogP contribution in [0, 0.1) is 0 Å². The first-order chi connectivity index (χ1) is 7.59. The number of aromatic nitrogens is 1. The standard InChI is InChI=1S/C13H16BrNS/c1-9(2)16-8-10-7-11-12(14)5-4-6-13(11)15(10)3/h4-7,9H,8H2,1-3H3. The first-order valence-corrected chi connectivity index (χ1v) is 7.28. The van der Waals surface area contributed by atoms with Crippen molar-refractivity contribution < 1.29 is 0 Å². The van der Waals surface area contributed by atoms with Crippen LogP contribution in [0.5, 0.6) is 0 Å². The normalized spacial score (nSPS) is 11.6. The van der Waals surface area contributed by atoms with Crippen molar-refractivity contribution in [3.05, 3.63) is 34.4 Å². The highest BCUT2D eigenvalue weighted by molar-refractivity contribution is 9.10. The highest BCUT2D eigenvalue weighted by Crippen LogP contribution is 2.28. The summed E-state index contributed by atoms with van der Waals surface area (Å²) in [5.41, 5.74) is 2.69.